The molecule has 1 N–H and O–H groups in total. The second-order valence-electron chi connectivity index (χ2n) is 3.73. The molecule has 0 aliphatic carbocycles. The summed E-state index contributed by atoms with van der Waals surface area (Å²) in [6.45, 7) is 2.45. The minimum absolute atomic E-state index is 0.126. The molecule has 1 aromatic carbocycles. The van der Waals surface area contributed by atoms with Crippen molar-refractivity contribution in [3.8, 4) is 11.9 Å². The molecule has 1 rings (SSSR count). The zero-order chi connectivity index (χ0) is 15.8. The molecule has 112 valence electrons. The number of nitro benzene ring substituents is 1. The first-order valence-corrected chi connectivity index (χ1v) is 7.93. The molecule has 0 saturated heterocycles. The van der Waals surface area contributed by atoms with Gasteiger partial charge in [-0.1, -0.05) is 18.7 Å². The van der Waals surface area contributed by atoms with Crippen LogP contribution in [0.25, 0.3) is 0 Å². The lowest BCUT2D eigenvalue weighted by molar-refractivity contribution is -0.384. The Balaban J connectivity index is 3.32. The van der Waals surface area contributed by atoms with Crippen LogP contribution < -0.4 is 10.1 Å². The van der Waals surface area contributed by atoms with Gasteiger partial charge in [-0.2, -0.15) is 5.26 Å². The first kappa shape index (κ1) is 17.3. The van der Waals surface area contributed by atoms with Crippen molar-refractivity contribution in [1.82, 2.24) is 5.32 Å². The molecule has 0 bridgehead atoms. The van der Waals surface area contributed by atoms with Crippen molar-refractivity contribution in [2.24, 2.45) is 4.99 Å². The maximum atomic E-state index is 11.1. The van der Waals surface area contributed by atoms with Crippen LogP contribution in [0.15, 0.2) is 21.6 Å². The fourth-order valence-corrected chi connectivity index (χ4v) is 2.16. The Bertz CT molecular complexity index is 601. The number of amidine groups is 1. The fourth-order valence-electron chi connectivity index (χ4n) is 1.37. The lowest BCUT2D eigenvalue weighted by atomic mass is 10.2. The first-order valence-electron chi connectivity index (χ1n) is 5.92. The van der Waals surface area contributed by atoms with Crippen LogP contribution in [-0.2, 0) is 0 Å². The maximum Gasteiger partial charge on any atom is 0.296 e. The summed E-state index contributed by atoms with van der Waals surface area (Å²) < 4.78 is 5.99. The molecule has 1 aromatic rings. The third-order valence-corrected chi connectivity index (χ3v) is 3.47. The third-order valence-electron chi connectivity index (χ3n) is 2.27. The van der Waals surface area contributed by atoms with Crippen molar-refractivity contribution in [2.75, 3.05) is 12.9 Å². The van der Waals surface area contributed by atoms with E-state index in [-0.39, 0.29) is 16.5 Å². The summed E-state index contributed by atoms with van der Waals surface area (Å²) >= 11 is 4.42. The summed E-state index contributed by atoms with van der Waals surface area (Å²) in [4.78, 5) is 14.7. The van der Waals surface area contributed by atoms with Gasteiger partial charge in [0.2, 0.25) is 0 Å². The number of nitrogens with one attached hydrogen (secondary N) is 1. The monoisotopic (exact) mass is 372 g/mol. The molecule has 7 nitrogen and oxygen atoms in total. The van der Waals surface area contributed by atoms with Crippen molar-refractivity contribution in [1.29, 1.82) is 5.26 Å². The molecule has 0 radical (unpaired) electrons. The first-order chi connectivity index (χ1) is 10.0. The molecule has 9 heteroatoms. The number of aliphatic imine (C=N–C) groups is 1. The SMILES string of the molecule is CCCOc1cc(N=C(NC#N)SC)c([N+](=O)[O-])cc1Br. The van der Waals surface area contributed by atoms with Crippen LogP contribution in [0.4, 0.5) is 11.4 Å². The molecule has 0 aromatic heterocycles. The Hall–Kier alpha value is -1.79. The maximum absolute atomic E-state index is 11.1. The Labute approximate surface area is 134 Å². The number of nitriles is 1. The van der Waals surface area contributed by atoms with E-state index in [2.05, 4.69) is 26.2 Å². The van der Waals surface area contributed by atoms with E-state index < -0.39 is 4.92 Å². The van der Waals surface area contributed by atoms with Gasteiger partial charge in [0.05, 0.1) is 16.0 Å². The normalized spacial score (nSPS) is 10.9. The predicted octanol–water partition coefficient (Wildman–Crippen LogP) is 3.57. The minimum atomic E-state index is -0.530. The molecule has 0 aliphatic heterocycles. The highest BCUT2D eigenvalue weighted by molar-refractivity contribution is 9.10. The number of rotatable bonds is 5. The van der Waals surface area contributed by atoms with Gasteiger partial charge in [-0.05, 0) is 28.6 Å². The average Bonchev–Trinajstić information content (AvgIpc) is 2.46. The highest BCUT2D eigenvalue weighted by atomic mass is 79.9. The summed E-state index contributed by atoms with van der Waals surface area (Å²) in [5.74, 6) is 0.471. The van der Waals surface area contributed by atoms with Crippen LogP contribution in [0.3, 0.4) is 0 Å². The zero-order valence-electron chi connectivity index (χ0n) is 11.4. The van der Waals surface area contributed by atoms with Gasteiger partial charge in [0.15, 0.2) is 11.4 Å². The smallest absolute Gasteiger partial charge is 0.296 e. The second-order valence-corrected chi connectivity index (χ2v) is 5.38. The highest BCUT2D eigenvalue weighted by Gasteiger charge is 2.18. The fraction of sp³-hybridized carbons (Fsp3) is 0.333. The van der Waals surface area contributed by atoms with Crippen LogP contribution in [0.2, 0.25) is 0 Å². The van der Waals surface area contributed by atoms with Gasteiger partial charge in [0.25, 0.3) is 5.69 Å². The Kier molecular flexibility index (Phi) is 6.98. The zero-order valence-corrected chi connectivity index (χ0v) is 13.8. The molecular weight excluding hydrogens is 360 g/mol. The van der Waals surface area contributed by atoms with Gasteiger partial charge in [0, 0.05) is 12.1 Å². The second kappa shape index (κ2) is 8.49. The Morgan fingerprint density at radius 2 is 2.38 bits per heavy atom. The standard InChI is InChI=1S/C12H13BrN4O3S/c1-3-4-20-11-6-9(16-12(21-2)15-7-14)10(17(18)19)5-8(11)13/h5-6H,3-4H2,1-2H3,(H,15,16). The van der Waals surface area contributed by atoms with Crippen molar-refractivity contribution < 1.29 is 9.66 Å². The van der Waals surface area contributed by atoms with Gasteiger partial charge in [-0.15, -0.1) is 0 Å². The largest absolute Gasteiger partial charge is 0.492 e. The summed E-state index contributed by atoms with van der Waals surface area (Å²) in [5, 5.41) is 22.4. The molecule has 0 heterocycles. The van der Waals surface area contributed by atoms with Crippen molar-refractivity contribution >= 4 is 44.2 Å². The van der Waals surface area contributed by atoms with Crippen molar-refractivity contribution in [3.05, 3.63) is 26.7 Å². The van der Waals surface area contributed by atoms with E-state index in [1.165, 1.54) is 23.9 Å². The summed E-state index contributed by atoms with van der Waals surface area (Å²) in [7, 11) is 0. The van der Waals surface area contributed by atoms with E-state index in [9.17, 15) is 10.1 Å². The van der Waals surface area contributed by atoms with Gasteiger partial charge < -0.3 is 4.74 Å². The lowest BCUT2D eigenvalue weighted by Gasteiger charge is -2.09. The van der Waals surface area contributed by atoms with Gasteiger partial charge in [-0.25, -0.2) is 4.99 Å². The molecule has 0 amide bonds. The topological polar surface area (TPSA) is 101 Å². The average molecular weight is 373 g/mol. The molecule has 0 aliphatic rings. The number of hydrogen-bond donors (Lipinski definition) is 1. The van der Waals surface area contributed by atoms with E-state index in [1.54, 1.807) is 12.4 Å². The van der Waals surface area contributed by atoms with Crippen LogP contribution in [0, 0.1) is 21.6 Å². The molecule has 21 heavy (non-hydrogen) atoms. The van der Waals surface area contributed by atoms with Gasteiger partial charge in [0.1, 0.15) is 11.4 Å². The number of halogens is 1. The molecule has 0 spiro atoms. The Morgan fingerprint density at radius 3 is 2.90 bits per heavy atom. The van der Waals surface area contributed by atoms with E-state index in [4.69, 9.17) is 10.00 Å². The van der Waals surface area contributed by atoms with Crippen LogP contribution >= 0.6 is 27.7 Å². The molecule has 0 fully saturated rings. The lowest BCUT2D eigenvalue weighted by Crippen LogP contribution is -2.12. The van der Waals surface area contributed by atoms with Crippen molar-refractivity contribution in [2.45, 2.75) is 13.3 Å². The van der Waals surface area contributed by atoms with Crippen molar-refractivity contribution in [3.63, 3.8) is 0 Å². The minimum Gasteiger partial charge on any atom is -0.492 e. The summed E-state index contributed by atoms with van der Waals surface area (Å²) in [5.41, 5.74) is -0.0431. The van der Waals surface area contributed by atoms with E-state index in [0.29, 0.717) is 16.8 Å². The summed E-state index contributed by atoms with van der Waals surface area (Å²) in [6, 6.07) is 2.82. The van der Waals surface area contributed by atoms with Gasteiger partial charge in [-0.3, -0.25) is 15.4 Å². The highest BCUT2D eigenvalue weighted by Crippen LogP contribution is 2.38. The van der Waals surface area contributed by atoms with E-state index >= 15 is 0 Å². The molecule has 0 unspecified atom stereocenters. The summed E-state index contributed by atoms with van der Waals surface area (Å²) in [6.07, 6.45) is 4.26. The molecule has 0 atom stereocenters. The predicted molar refractivity (Wildman–Crippen MR) is 85.9 cm³/mol. The van der Waals surface area contributed by atoms with Gasteiger partial charge >= 0.3 is 0 Å². The van der Waals surface area contributed by atoms with Crippen LogP contribution in [0.1, 0.15) is 13.3 Å². The number of benzene rings is 1. The number of nitro groups is 1. The number of thioether (sulfide) groups is 1. The van der Waals surface area contributed by atoms with E-state index in [0.717, 1.165) is 6.42 Å². The van der Waals surface area contributed by atoms with Crippen LogP contribution in [-0.4, -0.2) is 23.0 Å². The Morgan fingerprint density at radius 1 is 1.67 bits per heavy atom. The van der Waals surface area contributed by atoms with Crippen LogP contribution in [0.5, 0.6) is 5.75 Å². The quantitative estimate of drug-likeness (QED) is 0.212. The third kappa shape index (κ3) is 4.91. The molecule has 0 saturated carbocycles. The number of nitrogens with zero attached hydrogens (tertiary/aromatic N) is 3. The number of ether oxygens (including phenoxy) is 1. The molecular formula is C12H13BrN4O3S. The number of hydrogen-bond acceptors (Lipinski definition) is 6. The van der Waals surface area contributed by atoms with E-state index in [1.807, 2.05) is 6.92 Å².